The molecular formula is C36H31F3N6. The van der Waals surface area contributed by atoms with E-state index in [1.54, 1.807) is 6.07 Å². The van der Waals surface area contributed by atoms with Crippen molar-refractivity contribution in [2.24, 2.45) is 9.98 Å². The number of halogens is 3. The van der Waals surface area contributed by atoms with Gasteiger partial charge in [-0.25, -0.2) is 14.7 Å². The van der Waals surface area contributed by atoms with Gasteiger partial charge in [-0.15, -0.1) is 0 Å². The maximum Gasteiger partial charge on any atom is 0.416 e. The lowest BCUT2D eigenvalue weighted by molar-refractivity contribution is -0.137. The lowest BCUT2D eigenvalue weighted by Gasteiger charge is -2.40. The van der Waals surface area contributed by atoms with E-state index in [0.29, 0.717) is 23.2 Å². The Bertz CT molecular complexity index is 1970. The van der Waals surface area contributed by atoms with Crippen molar-refractivity contribution in [2.75, 3.05) is 10.2 Å². The zero-order valence-electron chi connectivity index (χ0n) is 25.3. The van der Waals surface area contributed by atoms with Crippen molar-refractivity contribution in [1.82, 2.24) is 9.78 Å². The van der Waals surface area contributed by atoms with Crippen molar-refractivity contribution >= 4 is 34.6 Å². The number of rotatable bonds is 3. The molecule has 226 valence electrons. The fraction of sp³-hybridized carbons (Fsp3) is 0.194. The number of aliphatic imine (C=N–C) groups is 2. The molecular weight excluding hydrogens is 573 g/mol. The van der Waals surface area contributed by atoms with Gasteiger partial charge in [-0.05, 0) is 65.9 Å². The fourth-order valence-electron chi connectivity index (χ4n) is 5.94. The van der Waals surface area contributed by atoms with Crippen LogP contribution in [0.15, 0.2) is 113 Å². The first kappa shape index (κ1) is 28.6. The van der Waals surface area contributed by atoms with Crippen molar-refractivity contribution in [3.8, 4) is 5.69 Å². The fourth-order valence-corrected chi connectivity index (χ4v) is 5.94. The minimum atomic E-state index is -4.48. The maximum atomic E-state index is 13.6. The van der Waals surface area contributed by atoms with E-state index in [4.69, 9.17) is 15.1 Å². The quantitative estimate of drug-likeness (QED) is 0.223. The number of nitrogens with zero attached hydrogens (tertiary/aromatic N) is 5. The molecule has 2 aliphatic rings. The van der Waals surface area contributed by atoms with Crippen molar-refractivity contribution in [3.05, 3.63) is 131 Å². The summed E-state index contributed by atoms with van der Waals surface area (Å²) in [7, 11) is 0. The second-order valence-electron chi connectivity index (χ2n) is 12.3. The molecule has 45 heavy (non-hydrogen) atoms. The van der Waals surface area contributed by atoms with Gasteiger partial charge in [0.15, 0.2) is 17.5 Å². The number of nitrogens with one attached hydrogen (secondary N) is 1. The zero-order valence-corrected chi connectivity index (χ0v) is 25.3. The van der Waals surface area contributed by atoms with Crippen LogP contribution in [0.25, 0.3) is 5.69 Å². The van der Waals surface area contributed by atoms with Crippen molar-refractivity contribution in [1.29, 1.82) is 0 Å². The average Bonchev–Trinajstić information content (AvgIpc) is 3.36. The van der Waals surface area contributed by atoms with Crippen LogP contribution in [-0.2, 0) is 11.6 Å². The van der Waals surface area contributed by atoms with Crippen LogP contribution in [-0.4, -0.2) is 21.5 Å². The van der Waals surface area contributed by atoms with E-state index in [0.717, 1.165) is 40.3 Å². The van der Waals surface area contributed by atoms with Crippen LogP contribution >= 0.6 is 0 Å². The molecule has 6 nitrogen and oxygen atoms in total. The Kier molecular flexibility index (Phi) is 6.65. The third-order valence-electron chi connectivity index (χ3n) is 8.18. The van der Waals surface area contributed by atoms with Gasteiger partial charge in [0, 0.05) is 11.3 Å². The Morgan fingerprint density at radius 1 is 0.756 bits per heavy atom. The third-order valence-corrected chi connectivity index (χ3v) is 8.18. The smallest absolute Gasteiger partial charge is 0.337 e. The number of hydrogen-bond donors (Lipinski definition) is 1. The summed E-state index contributed by atoms with van der Waals surface area (Å²) < 4.78 is 42.7. The number of aromatic nitrogens is 2. The molecule has 0 aliphatic carbocycles. The summed E-state index contributed by atoms with van der Waals surface area (Å²) in [6, 6.07) is 30.9. The molecule has 0 saturated carbocycles. The second kappa shape index (κ2) is 10.5. The minimum Gasteiger partial charge on any atom is -0.337 e. The van der Waals surface area contributed by atoms with E-state index in [2.05, 4.69) is 55.3 Å². The standard InChI is InChI=1S/C36H31F3N6/c1-22-30-31(23-17-19-24(20-18-23)35(2,3)4)44-29-16-9-8-15-28(29)41-32(40-26-12-10-11-25(21-26)36(37,38)39)34(44)42-33(30)45(43-22)27-13-6-5-7-14-27/h5-21,31H,1-4H3,(H,40,41)/t31-/m1/s1. The summed E-state index contributed by atoms with van der Waals surface area (Å²) in [5, 5.41) is 8.13. The van der Waals surface area contributed by atoms with Crippen LogP contribution in [0.2, 0.25) is 0 Å². The first-order chi connectivity index (χ1) is 21.5. The van der Waals surface area contributed by atoms with Gasteiger partial charge in [-0.1, -0.05) is 81.4 Å². The van der Waals surface area contributed by atoms with E-state index in [1.807, 2.05) is 66.2 Å². The summed E-state index contributed by atoms with van der Waals surface area (Å²) in [6.07, 6.45) is -4.48. The lowest BCUT2D eigenvalue weighted by atomic mass is 9.85. The van der Waals surface area contributed by atoms with E-state index >= 15 is 0 Å². The lowest BCUT2D eigenvalue weighted by Crippen LogP contribution is -2.46. The SMILES string of the molecule is Cc1nn(-c2ccccc2)c2c1[C@@H](c1ccc(C(C)(C)C)cc1)N1C(=N2)C(Nc2cccc(C(F)(F)F)c2)=Nc2ccccc21. The molecule has 1 aromatic heterocycles. The van der Waals surface area contributed by atoms with Gasteiger partial charge in [-0.3, -0.25) is 0 Å². The monoisotopic (exact) mass is 604 g/mol. The largest absolute Gasteiger partial charge is 0.416 e. The number of hydrogen-bond acceptors (Lipinski definition) is 5. The highest BCUT2D eigenvalue weighted by Crippen LogP contribution is 2.48. The van der Waals surface area contributed by atoms with Crippen molar-refractivity contribution in [2.45, 2.75) is 45.3 Å². The van der Waals surface area contributed by atoms with E-state index in [1.165, 1.54) is 11.6 Å². The molecule has 3 heterocycles. The molecule has 0 radical (unpaired) electrons. The first-order valence-electron chi connectivity index (χ1n) is 14.7. The molecule has 1 atom stereocenters. The molecule has 2 aliphatic heterocycles. The van der Waals surface area contributed by atoms with E-state index < -0.39 is 11.7 Å². The number of aryl methyl sites for hydroxylation is 1. The van der Waals surface area contributed by atoms with Gasteiger partial charge >= 0.3 is 6.18 Å². The zero-order chi connectivity index (χ0) is 31.5. The molecule has 0 spiro atoms. The number of alkyl halides is 3. The van der Waals surface area contributed by atoms with Gasteiger partial charge < -0.3 is 10.2 Å². The summed E-state index contributed by atoms with van der Waals surface area (Å²) in [6.45, 7) is 8.54. The van der Waals surface area contributed by atoms with E-state index in [9.17, 15) is 13.2 Å². The van der Waals surface area contributed by atoms with E-state index in [-0.39, 0.29) is 17.1 Å². The highest BCUT2D eigenvalue weighted by Gasteiger charge is 2.41. The number of anilines is 2. The van der Waals surface area contributed by atoms with Crippen molar-refractivity contribution < 1.29 is 13.2 Å². The van der Waals surface area contributed by atoms with Crippen LogP contribution in [0.1, 0.15) is 54.8 Å². The molecule has 4 aromatic carbocycles. The Morgan fingerprint density at radius 3 is 2.18 bits per heavy atom. The van der Waals surface area contributed by atoms with Crippen LogP contribution in [0.3, 0.4) is 0 Å². The Hall–Kier alpha value is -5.18. The summed E-state index contributed by atoms with van der Waals surface area (Å²) in [5.41, 5.74) is 5.87. The number of amidine groups is 2. The van der Waals surface area contributed by atoms with Crippen LogP contribution < -0.4 is 10.2 Å². The predicted octanol–water partition coefficient (Wildman–Crippen LogP) is 9.29. The Labute approximate surface area is 259 Å². The predicted molar refractivity (Wildman–Crippen MR) is 173 cm³/mol. The summed E-state index contributed by atoms with van der Waals surface area (Å²) in [5.74, 6) is 1.47. The third kappa shape index (κ3) is 5.08. The molecule has 0 fully saturated rings. The van der Waals surface area contributed by atoms with Crippen LogP contribution in [0.5, 0.6) is 0 Å². The van der Waals surface area contributed by atoms with Gasteiger partial charge in [0.1, 0.15) is 0 Å². The molecule has 1 N–H and O–H groups in total. The number of fused-ring (bicyclic) bond motifs is 4. The van der Waals surface area contributed by atoms with Crippen LogP contribution in [0, 0.1) is 6.92 Å². The Morgan fingerprint density at radius 2 is 1.47 bits per heavy atom. The van der Waals surface area contributed by atoms with Gasteiger partial charge in [0.2, 0.25) is 0 Å². The molecule has 5 aromatic rings. The molecule has 7 rings (SSSR count). The van der Waals surface area contributed by atoms with Gasteiger partial charge in [0.05, 0.1) is 34.4 Å². The van der Waals surface area contributed by atoms with Crippen LogP contribution in [0.4, 0.5) is 36.1 Å². The highest BCUT2D eigenvalue weighted by molar-refractivity contribution is 6.51. The number of benzene rings is 4. The topological polar surface area (TPSA) is 57.8 Å². The number of para-hydroxylation sites is 3. The molecule has 0 bridgehead atoms. The van der Waals surface area contributed by atoms with Gasteiger partial charge in [-0.2, -0.15) is 18.3 Å². The molecule has 0 unspecified atom stereocenters. The molecule has 0 saturated heterocycles. The maximum absolute atomic E-state index is 13.6. The van der Waals surface area contributed by atoms with Crippen molar-refractivity contribution in [3.63, 3.8) is 0 Å². The Balaban J connectivity index is 1.46. The second-order valence-corrected chi connectivity index (χ2v) is 12.3. The average molecular weight is 605 g/mol. The summed E-state index contributed by atoms with van der Waals surface area (Å²) in [4.78, 5) is 12.2. The minimum absolute atomic E-state index is 0.0244. The molecule has 0 amide bonds. The highest BCUT2D eigenvalue weighted by atomic mass is 19.4. The normalized spacial score (nSPS) is 15.9. The summed E-state index contributed by atoms with van der Waals surface area (Å²) >= 11 is 0. The first-order valence-corrected chi connectivity index (χ1v) is 14.7. The molecule has 9 heteroatoms. The van der Waals surface area contributed by atoms with Gasteiger partial charge in [0.25, 0.3) is 0 Å².